The molecule has 0 spiro atoms. The zero-order chi connectivity index (χ0) is 17.2. The maximum absolute atomic E-state index is 12.5. The number of esters is 1. The van der Waals surface area contributed by atoms with Crippen LogP contribution in [0.1, 0.15) is 70.4 Å². The number of anilines is 1. The number of rotatable bonds is 5. The molecule has 0 N–H and O–H groups in total. The van der Waals surface area contributed by atoms with Crippen LogP contribution in [0.5, 0.6) is 0 Å². The number of fused-ring (bicyclic) bond motifs is 1. The van der Waals surface area contributed by atoms with Gasteiger partial charge in [-0.1, -0.05) is 44.4 Å². The van der Waals surface area contributed by atoms with E-state index >= 15 is 0 Å². The number of hydrogen-bond donors (Lipinski definition) is 0. The highest BCUT2D eigenvalue weighted by Crippen LogP contribution is 2.45. The Morgan fingerprint density at radius 2 is 2.13 bits per heavy atom. The second-order valence-corrected chi connectivity index (χ2v) is 7.53. The van der Waals surface area contributed by atoms with Crippen molar-refractivity contribution in [1.29, 1.82) is 0 Å². The van der Waals surface area contributed by atoms with Crippen LogP contribution in [-0.2, 0) is 9.53 Å². The van der Waals surface area contributed by atoms with Crippen molar-refractivity contribution in [2.24, 2.45) is 0 Å². The Hall–Kier alpha value is -1.51. The Labute approximate surface area is 141 Å². The monoisotopic (exact) mass is 317 g/mol. The first-order valence-electron chi connectivity index (χ1n) is 8.79. The zero-order valence-corrected chi connectivity index (χ0v) is 15.5. The van der Waals surface area contributed by atoms with E-state index in [1.54, 1.807) is 0 Å². The molecule has 0 saturated carbocycles. The van der Waals surface area contributed by atoms with Crippen LogP contribution in [-0.4, -0.2) is 24.7 Å². The molecule has 2 atom stereocenters. The first-order chi connectivity index (χ1) is 10.8. The van der Waals surface area contributed by atoms with E-state index in [-0.39, 0.29) is 17.6 Å². The van der Waals surface area contributed by atoms with Crippen molar-refractivity contribution in [3.63, 3.8) is 0 Å². The van der Waals surface area contributed by atoms with Gasteiger partial charge in [0.05, 0.1) is 7.11 Å². The van der Waals surface area contributed by atoms with Gasteiger partial charge in [-0.25, -0.2) is 4.79 Å². The third-order valence-corrected chi connectivity index (χ3v) is 5.05. The number of carbonyl (C=O) groups excluding carboxylic acids is 1. The second kappa shape index (κ2) is 6.94. The van der Waals surface area contributed by atoms with Crippen LogP contribution in [0.4, 0.5) is 5.69 Å². The molecule has 128 valence electrons. The number of hydrogen-bond acceptors (Lipinski definition) is 3. The predicted octanol–water partition coefficient (Wildman–Crippen LogP) is 4.82. The van der Waals surface area contributed by atoms with Gasteiger partial charge in [0.15, 0.2) is 0 Å². The van der Waals surface area contributed by atoms with E-state index < -0.39 is 0 Å². The lowest BCUT2D eigenvalue weighted by Gasteiger charge is -2.50. The van der Waals surface area contributed by atoms with Crippen LogP contribution in [0.3, 0.4) is 0 Å². The van der Waals surface area contributed by atoms with Gasteiger partial charge in [0.25, 0.3) is 0 Å². The maximum Gasteiger partial charge on any atom is 0.328 e. The van der Waals surface area contributed by atoms with Crippen molar-refractivity contribution in [3.05, 3.63) is 29.3 Å². The molecule has 1 heterocycles. The highest BCUT2D eigenvalue weighted by molar-refractivity contribution is 5.81. The molecule has 0 fully saturated rings. The summed E-state index contributed by atoms with van der Waals surface area (Å²) in [5, 5.41) is 0. The number of ether oxygens (including phenoxy) is 1. The highest BCUT2D eigenvalue weighted by Gasteiger charge is 2.42. The molecular formula is C20H31NO2. The topological polar surface area (TPSA) is 29.5 Å². The SMILES string of the molecule is CCCC[C@@H](C(=O)OC)N1c2ccc(C)cc2[C@H](C)CC1(C)C. The summed E-state index contributed by atoms with van der Waals surface area (Å²) < 4.78 is 5.14. The molecule has 2 rings (SSSR count). The Morgan fingerprint density at radius 3 is 2.74 bits per heavy atom. The minimum absolute atomic E-state index is 0.0612. The van der Waals surface area contributed by atoms with Gasteiger partial charge in [-0.2, -0.15) is 0 Å². The number of nitrogens with zero attached hydrogens (tertiary/aromatic N) is 1. The summed E-state index contributed by atoms with van der Waals surface area (Å²) in [4.78, 5) is 14.8. The molecule has 0 aromatic heterocycles. The molecule has 23 heavy (non-hydrogen) atoms. The number of benzene rings is 1. The van der Waals surface area contributed by atoms with Gasteiger partial charge < -0.3 is 9.64 Å². The van der Waals surface area contributed by atoms with Gasteiger partial charge in [-0.15, -0.1) is 0 Å². The summed E-state index contributed by atoms with van der Waals surface area (Å²) in [7, 11) is 1.50. The Morgan fingerprint density at radius 1 is 1.43 bits per heavy atom. The van der Waals surface area contributed by atoms with Crippen molar-refractivity contribution in [3.8, 4) is 0 Å². The van der Waals surface area contributed by atoms with Gasteiger partial charge in [0, 0.05) is 11.2 Å². The van der Waals surface area contributed by atoms with Crippen LogP contribution >= 0.6 is 0 Å². The molecule has 0 bridgehead atoms. The molecule has 1 aliphatic heterocycles. The van der Waals surface area contributed by atoms with Crippen LogP contribution in [0.25, 0.3) is 0 Å². The molecule has 0 amide bonds. The number of unbranched alkanes of at least 4 members (excludes halogenated alkanes) is 1. The van der Waals surface area contributed by atoms with E-state index in [1.807, 2.05) is 0 Å². The molecule has 1 aromatic carbocycles. The van der Waals surface area contributed by atoms with Gasteiger partial charge in [0.1, 0.15) is 6.04 Å². The van der Waals surface area contributed by atoms with E-state index in [9.17, 15) is 4.79 Å². The smallest absolute Gasteiger partial charge is 0.328 e. The Kier molecular flexibility index (Phi) is 5.38. The molecule has 3 heteroatoms. The Balaban J connectivity index is 2.52. The molecule has 0 unspecified atom stereocenters. The van der Waals surface area contributed by atoms with Crippen LogP contribution in [0.15, 0.2) is 18.2 Å². The second-order valence-electron chi connectivity index (χ2n) is 7.53. The lowest BCUT2D eigenvalue weighted by Crippen LogP contribution is -2.56. The van der Waals surface area contributed by atoms with Crippen LogP contribution < -0.4 is 4.90 Å². The Bertz CT molecular complexity index is 565. The van der Waals surface area contributed by atoms with Crippen LogP contribution in [0, 0.1) is 6.92 Å². The summed E-state index contributed by atoms with van der Waals surface area (Å²) in [6.07, 6.45) is 4.00. The lowest BCUT2D eigenvalue weighted by atomic mass is 9.78. The molecule has 1 aliphatic rings. The molecule has 0 radical (unpaired) electrons. The summed E-state index contributed by atoms with van der Waals surface area (Å²) in [5.74, 6) is 0.383. The zero-order valence-electron chi connectivity index (χ0n) is 15.5. The fraction of sp³-hybridized carbons (Fsp3) is 0.650. The van der Waals surface area contributed by atoms with Gasteiger partial charge in [-0.05, 0) is 51.2 Å². The predicted molar refractivity (Wildman–Crippen MR) is 96.1 cm³/mol. The molecule has 0 saturated heterocycles. The fourth-order valence-corrected chi connectivity index (χ4v) is 4.05. The van der Waals surface area contributed by atoms with Crippen LogP contribution in [0.2, 0.25) is 0 Å². The van der Waals surface area contributed by atoms with Gasteiger partial charge in [0.2, 0.25) is 0 Å². The minimum Gasteiger partial charge on any atom is -0.467 e. The van der Waals surface area contributed by atoms with Crippen molar-refractivity contribution in [2.45, 2.75) is 77.8 Å². The quantitative estimate of drug-likeness (QED) is 0.729. The molecular weight excluding hydrogens is 286 g/mol. The fourth-order valence-electron chi connectivity index (χ4n) is 4.05. The van der Waals surface area contributed by atoms with Crippen molar-refractivity contribution in [2.75, 3.05) is 12.0 Å². The van der Waals surface area contributed by atoms with E-state index in [0.717, 1.165) is 25.7 Å². The standard InChI is InChI=1S/C20H31NO2/c1-7-8-9-18(19(22)23-6)21-17-11-10-14(2)12-16(17)15(3)13-20(21,4)5/h10-12,15,18H,7-9,13H2,1-6H3/t15-,18+/m1/s1. The summed E-state index contributed by atoms with van der Waals surface area (Å²) in [5.41, 5.74) is 3.77. The number of methoxy groups -OCH3 is 1. The summed E-state index contributed by atoms with van der Waals surface area (Å²) in [6, 6.07) is 6.40. The van der Waals surface area contributed by atoms with E-state index in [2.05, 4.69) is 57.7 Å². The van der Waals surface area contributed by atoms with Gasteiger partial charge in [-0.3, -0.25) is 0 Å². The molecule has 3 nitrogen and oxygen atoms in total. The van der Waals surface area contributed by atoms with Crippen molar-refractivity contribution < 1.29 is 9.53 Å². The van der Waals surface area contributed by atoms with E-state index in [4.69, 9.17) is 4.74 Å². The average Bonchev–Trinajstić information content (AvgIpc) is 2.49. The number of carbonyl (C=O) groups is 1. The number of aryl methyl sites for hydroxylation is 1. The maximum atomic E-state index is 12.5. The molecule has 0 aliphatic carbocycles. The lowest BCUT2D eigenvalue weighted by molar-refractivity contribution is -0.142. The first-order valence-corrected chi connectivity index (χ1v) is 8.79. The average molecular weight is 317 g/mol. The van der Waals surface area contributed by atoms with E-state index in [0.29, 0.717) is 5.92 Å². The summed E-state index contributed by atoms with van der Waals surface area (Å²) in [6.45, 7) is 11.1. The summed E-state index contributed by atoms with van der Waals surface area (Å²) >= 11 is 0. The normalized spacial score (nSPS) is 20.8. The largest absolute Gasteiger partial charge is 0.467 e. The van der Waals surface area contributed by atoms with E-state index in [1.165, 1.54) is 23.9 Å². The van der Waals surface area contributed by atoms with Crippen molar-refractivity contribution in [1.82, 2.24) is 0 Å². The third kappa shape index (κ3) is 3.54. The van der Waals surface area contributed by atoms with Gasteiger partial charge >= 0.3 is 5.97 Å². The first kappa shape index (κ1) is 17.8. The van der Waals surface area contributed by atoms with Crippen molar-refractivity contribution >= 4 is 11.7 Å². The highest BCUT2D eigenvalue weighted by atomic mass is 16.5. The minimum atomic E-state index is -0.205. The molecule has 1 aromatic rings. The third-order valence-electron chi connectivity index (χ3n) is 5.05.